The third kappa shape index (κ3) is 45.0. The Labute approximate surface area is 360 Å². The van der Waals surface area contributed by atoms with Crippen molar-refractivity contribution in [1.29, 1.82) is 0 Å². The van der Waals surface area contributed by atoms with Gasteiger partial charge in [-0.05, 0) is 89.9 Å². The quantitative estimate of drug-likeness (QED) is 0.0237. The highest BCUT2D eigenvalue weighted by Gasteiger charge is 2.26. The van der Waals surface area contributed by atoms with Crippen LogP contribution >= 0.6 is 7.82 Å². The second-order valence-corrected chi connectivity index (χ2v) is 16.5. The molecule has 0 fully saturated rings. The number of phosphoric acid groups is 1. The van der Waals surface area contributed by atoms with Gasteiger partial charge in [0.15, 0.2) is 0 Å². The third-order valence-electron chi connectivity index (χ3n) is 9.31. The number of esters is 1. The van der Waals surface area contributed by atoms with E-state index >= 15 is 0 Å². The zero-order valence-electron chi connectivity index (χ0n) is 37.2. The molecule has 9 nitrogen and oxygen atoms in total. The Kier molecular flexibility index (Phi) is 43.4. The van der Waals surface area contributed by atoms with E-state index in [2.05, 4.69) is 98.9 Å². The van der Waals surface area contributed by atoms with Gasteiger partial charge in [-0.1, -0.05) is 163 Å². The summed E-state index contributed by atoms with van der Waals surface area (Å²) in [6.45, 7) is 3.32. The summed E-state index contributed by atoms with van der Waals surface area (Å²) < 4.78 is 33.4. The molecule has 3 atom stereocenters. The minimum absolute atomic E-state index is 0.0277. The number of hydrogen-bond donors (Lipinski definition) is 3. The SMILES string of the molecule is CC/C=C\C/C=C\C/C=C\C/C=C\C/C=C\C/C=C\CCCCCCCOCC(COP(=O)(O)OCC(O)CO)OC(=O)CCCCCCC/C=C\CCCCCCC. The van der Waals surface area contributed by atoms with E-state index in [0.29, 0.717) is 13.0 Å². The molecule has 0 saturated carbocycles. The molecule has 0 saturated heterocycles. The van der Waals surface area contributed by atoms with Gasteiger partial charge in [0, 0.05) is 13.0 Å². The van der Waals surface area contributed by atoms with E-state index in [1.54, 1.807) is 0 Å². The van der Waals surface area contributed by atoms with Gasteiger partial charge in [-0.3, -0.25) is 13.8 Å². The van der Waals surface area contributed by atoms with E-state index in [4.69, 9.17) is 23.6 Å². The van der Waals surface area contributed by atoms with Crippen molar-refractivity contribution in [3.8, 4) is 0 Å². The smallest absolute Gasteiger partial charge is 0.457 e. The van der Waals surface area contributed by atoms with Crippen LogP contribution in [0.2, 0.25) is 0 Å². The molecule has 59 heavy (non-hydrogen) atoms. The Balaban J connectivity index is 4.19. The first-order valence-electron chi connectivity index (χ1n) is 23.1. The van der Waals surface area contributed by atoms with Crippen molar-refractivity contribution in [3.05, 3.63) is 85.1 Å². The van der Waals surface area contributed by atoms with Crippen LogP contribution in [0.5, 0.6) is 0 Å². The molecule has 0 spiro atoms. The molecule has 0 aromatic rings. The number of carbonyl (C=O) groups is 1. The van der Waals surface area contributed by atoms with Crippen molar-refractivity contribution in [2.75, 3.05) is 33.0 Å². The van der Waals surface area contributed by atoms with Gasteiger partial charge in [0.05, 0.1) is 26.4 Å². The van der Waals surface area contributed by atoms with Crippen LogP contribution in [0.4, 0.5) is 0 Å². The highest BCUT2D eigenvalue weighted by Crippen LogP contribution is 2.43. The normalized spacial score (nSPS) is 14.7. The lowest BCUT2D eigenvalue weighted by Gasteiger charge is -2.20. The topological polar surface area (TPSA) is 132 Å². The molecule has 0 heterocycles. The Bertz CT molecular complexity index is 1190. The predicted molar refractivity (Wildman–Crippen MR) is 246 cm³/mol. The van der Waals surface area contributed by atoms with E-state index in [-0.39, 0.29) is 13.0 Å². The number of aliphatic hydroxyl groups excluding tert-OH is 2. The van der Waals surface area contributed by atoms with E-state index in [9.17, 15) is 19.4 Å². The molecule has 0 aliphatic rings. The van der Waals surface area contributed by atoms with Gasteiger partial charge in [-0.25, -0.2) is 4.57 Å². The molecule has 0 radical (unpaired) electrons. The largest absolute Gasteiger partial charge is 0.472 e. The standard InChI is InChI=1S/C49H85O9P/c1-3-5-7-9-11-13-15-17-19-20-21-22-23-24-25-26-27-28-30-32-34-36-38-40-42-55-45-48(46-57-59(53,54)56-44-47(51)43-50)58-49(52)41-39-37-35-33-31-29-18-16-14-12-10-8-6-4-2/h5,7,11,13,16-19,21-22,24-25,27-28,47-48,50-51H,3-4,6,8-10,12,14-15,20,23,26,29-46H2,1-2H3,(H,53,54)/b7-5-,13-11-,18-16-,19-17-,22-21-,25-24-,28-27-. The lowest BCUT2D eigenvalue weighted by atomic mass is 10.1. The molecule has 3 unspecified atom stereocenters. The molecule has 0 bridgehead atoms. The van der Waals surface area contributed by atoms with Gasteiger partial charge in [0.25, 0.3) is 0 Å². The van der Waals surface area contributed by atoms with Crippen molar-refractivity contribution < 1.29 is 43.0 Å². The first-order valence-corrected chi connectivity index (χ1v) is 24.6. The molecule has 3 N–H and O–H groups in total. The summed E-state index contributed by atoms with van der Waals surface area (Å²) in [6, 6.07) is 0. The number of aliphatic hydroxyl groups is 2. The zero-order chi connectivity index (χ0) is 43.2. The molecule has 10 heteroatoms. The molecular formula is C49H85O9P. The van der Waals surface area contributed by atoms with Crippen molar-refractivity contribution in [2.24, 2.45) is 0 Å². The second-order valence-electron chi connectivity index (χ2n) is 15.0. The van der Waals surface area contributed by atoms with Crippen LogP contribution < -0.4 is 0 Å². The van der Waals surface area contributed by atoms with E-state index in [1.807, 2.05) is 0 Å². The van der Waals surface area contributed by atoms with Crippen LogP contribution in [-0.4, -0.2) is 66.3 Å². The summed E-state index contributed by atoms with van der Waals surface area (Å²) in [6.07, 6.45) is 55.4. The molecule has 340 valence electrons. The third-order valence-corrected chi connectivity index (χ3v) is 10.3. The summed E-state index contributed by atoms with van der Waals surface area (Å²) >= 11 is 0. The van der Waals surface area contributed by atoms with Crippen molar-refractivity contribution in [1.82, 2.24) is 0 Å². The number of allylic oxidation sites excluding steroid dienone is 14. The fourth-order valence-electron chi connectivity index (χ4n) is 5.82. The number of carbonyl (C=O) groups excluding carboxylic acids is 1. The van der Waals surface area contributed by atoms with Crippen LogP contribution in [0.1, 0.15) is 174 Å². The minimum atomic E-state index is -4.53. The number of hydrogen-bond acceptors (Lipinski definition) is 8. The number of phosphoric ester groups is 1. The minimum Gasteiger partial charge on any atom is -0.457 e. The summed E-state index contributed by atoms with van der Waals surface area (Å²) in [7, 11) is -4.53. The monoisotopic (exact) mass is 849 g/mol. The Morgan fingerprint density at radius 3 is 1.47 bits per heavy atom. The van der Waals surface area contributed by atoms with Gasteiger partial charge in [0.2, 0.25) is 0 Å². The zero-order valence-corrected chi connectivity index (χ0v) is 38.1. The highest BCUT2D eigenvalue weighted by molar-refractivity contribution is 7.47. The van der Waals surface area contributed by atoms with Crippen LogP contribution in [0, 0.1) is 0 Å². The Hall–Kier alpha value is -2.36. The number of ether oxygens (including phenoxy) is 2. The van der Waals surface area contributed by atoms with Gasteiger partial charge in [-0.2, -0.15) is 0 Å². The van der Waals surface area contributed by atoms with Crippen LogP contribution in [0.15, 0.2) is 85.1 Å². The highest BCUT2D eigenvalue weighted by atomic mass is 31.2. The molecule has 0 rings (SSSR count). The van der Waals surface area contributed by atoms with Gasteiger partial charge in [-0.15, -0.1) is 0 Å². The maximum Gasteiger partial charge on any atom is 0.472 e. The first-order chi connectivity index (χ1) is 28.8. The van der Waals surface area contributed by atoms with E-state index in [0.717, 1.165) is 109 Å². The molecule has 0 aliphatic heterocycles. The molecular weight excluding hydrogens is 764 g/mol. The average Bonchev–Trinajstić information content (AvgIpc) is 3.23. The van der Waals surface area contributed by atoms with Gasteiger partial charge >= 0.3 is 13.8 Å². The van der Waals surface area contributed by atoms with Crippen LogP contribution in [0.3, 0.4) is 0 Å². The summed E-state index contributed by atoms with van der Waals surface area (Å²) in [5.74, 6) is -0.402. The maximum atomic E-state index is 12.6. The van der Waals surface area contributed by atoms with Crippen molar-refractivity contribution in [3.63, 3.8) is 0 Å². The predicted octanol–water partition coefficient (Wildman–Crippen LogP) is 13.1. The molecule has 0 aromatic carbocycles. The van der Waals surface area contributed by atoms with Gasteiger partial charge < -0.3 is 24.6 Å². The van der Waals surface area contributed by atoms with Crippen LogP contribution in [0.25, 0.3) is 0 Å². The first kappa shape index (κ1) is 56.6. The van der Waals surface area contributed by atoms with E-state index < -0.39 is 45.8 Å². The maximum absolute atomic E-state index is 12.6. The lowest BCUT2D eigenvalue weighted by molar-refractivity contribution is -0.154. The summed E-state index contributed by atoms with van der Waals surface area (Å²) in [5.41, 5.74) is 0. The second kappa shape index (κ2) is 45.2. The van der Waals surface area contributed by atoms with E-state index in [1.165, 1.54) is 38.5 Å². The molecule has 0 aromatic heterocycles. The lowest BCUT2D eigenvalue weighted by Crippen LogP contribution is -2.29. The van der Waals surface area contributed by atoms with Crippen LogP contribution in [-0.2, 0) is 27.9 Å². The Morgan fingerprint density at radius 2 is 0.966 bits per heavy atom. The van der Waals surface area contributed by atoms with Crippen molar-refractivity contribution >= 4 is 13.8 Å². The Morgan fingerprint density at radius 1 is 0.542 bits per heavy atom. The average molecular weight is 849 g/mol. The fourth-order valence-corrected chi connectivity index (χ4v) is 6.61. The molecule has 0 aliphatic carbocycles. The number of rotatable bonds is 43. The fraction of sp³-hybridized carbons (Fsp3) is 0.694. The molecule has 0 amide bonds. The number of unbranched alkanes of at least 4 members (excludes halogenated alkanes) is 15. The van der Waals surface area contributed by atoms with Crippen molar-refractivity contribution in [2.45, 2.75) is 187 Å². The summed E-state index contributed by atoms with van der Waals surface area (Å²) in [5, 5.41) is 18.4. The van der Waals surface area contributed by atoms with Gasteiger partial charge in [0.1, 0.15) is 12.2 Å². The summed E-state index contributed by atoms with van der Waals surface area (Å²) in [4.78, 5) is 22.6.